The molecule has 1 unspecified atom stereocenters. The van der Waals surface area contributed by atoms with Gasteiger partial charge >= 0.3 is 0 Å². The lowest BCUT2D eigenvalue weighted by molar-refractivity contribution is -0.140. The minimum absolute atomic E-state index is 0.108. The average molecular weight is 435 g/mol. The fourth-order valence-corrected chi connectivity index (χ4v) is 3.53. The Hall–Kier alpha value is -2.04. The number of unbranched alkanes of at least 4 members (excludes halogenated alkanes) is 1. The van der Waals surface area contributed by atoms with Gasteiger partial charge in [-0.25, -0.2) is 0 Å². The van der Waals surface area contributed by atoms with Gasteiger partial charge in [-0.1, -0.05) is 72.9 Å². The van der Waals surface area contributed by atoms with Crippen molar-refractivity contribution >= 4 is 35.0 Å². The SMILES string of the molecule is CCCCNC(=O)C(C)N(Cc1c(Cl)cccc1Cl)C(=O)CCc1ccccc1. The highest BCUT2D eigenvalue weighted by atomic mass is 35.5. The molecule has 2 aromatic carbocycles. The zero-order chi connectivity index (χ0) is 21.2. The fourth-order valence-electron chi connectivity index (χ4n) is 3.01. The summed E-state index contributed by atoms with van der Waals surface area (Å²) in [5.74, 6) is -0.280. The second kappa shape index (κ2) is 11.8. The van der Waals surface area contributed by atoms with E-state index in [-0.39, 0.29) is 18.4 Å². The van der Waals surface area contributed by atoms with Crippen molar-refractivity contribution in [2.24, 2.45) is 0 Å². The number of amides is 2. The molecule has 0 heterocycles. The highest BCUT2D eigenvalue weighted by Crippen LogP contribution is 2.27. The molecule has 4 nitrogen and oxygen atoms in total. The quantitative estimate of drug-likeness (QED) is 0.518. The van der Waals surface area contributed by atoms with Gasteiger partial charge in [-0.05, 0) is 37.5 Å². The Morgan fingerprint density at radius 3 is 2.31 bits per heavy atom. The number of nitrogens with zero attached hydrogens (tertiary/aromatic N) is 1. The molecular formula is C23H28Cl2N2O2. The van der Waals surface area contributed by atoms with E-state index in [1.54, 1.807) is 30.0 Å². The lowest BCUT2D eigenvalue weighted by Gasteiger charge is -2.29. The van der Waals surface area contributed by atoms with E-state index in [1.165, 1.54) is 0 Å². The van der Waals surface area contributed by atoms with Crippen LogP contribution in [0, 0.1) is 0 Å². The number of benzene rings is 2. The second-order valence-corrected chi connectivity index (χ2v) is 7.84. The van der Waals surface area contributed by atoms with Crippen LogP contribution < -0.4 is 5.32 Å². The van der Waals surface area contributed by atoms with Crippen LogP contribution in [0.4, 0.5) is 0 Å². The predicted octanol–water partition coefficient (Wildman–Crippen LogP) is 5.26. The first-order valence-corrected chi connectivity index (χ1v) is 10.7. The minimum Gasteiger partial charge on any atom is -0.354 e. The molecule has 0 bridgehead atoms. The molecule has 1 N–H and O–H groups in total. The van der Waals surface area contributed by atoms with Crippen LogP contribution in [0.3, 0.4) is 0 Å². The van der Waals surface area contributed by atoms with Crippen molar-refractivity contribution < 1.29 is 9.59 Å². The molecular weight excluding hydrogens is 407 g/mol. The molecule has 2 amide bonds. The molecule has 0 aliphatic heterocycles. The number of nitrogens with one attached hydrogen (secondary N) is 1. The molecule has 156 valence electrons. The van der Waals surface area contributed by atoms with Crippen LogP contribution in [-0.2, 0) is 22.6 Å². The van der Waals surface area contributed by atoms with Crippen molar-refractivity contribution in [3.05, 3.63) is 69.7 Å². The number of aryl methyl sites for hydroxylation is 1. The summed E-state index contributed by atoms with van der Waals surface area (Å²) in [6, 6.07) is 14.4. The maximum absolute atomic E-state index is 13.1. The summed E-state index contributed by atoms with van der Waals surface area (Å²) in [6.45, 7) is 4.59. The minimum atomic E-state index is -0.623. The third-order valence-electron chi connectivity index (χ3n) is 4.86. The van der Waals surface area contributed by atoms with E-state index in [1.807, 2.05) is 30.3 Å². The third-order valence-corrected chi connectivity index (χ3v) is 5.57. The standard InChI is InChI=1S/C23H28Cl2N2O2/c1-3-4-15-26-23(29)17(2)27(16-19-20(24)11-8-12-21(19)25)22(28)14-13-18-9-6-5-7-10-18/h5-12,17H,3-4,13-16H2,1-2H3,(H,26,29). The lowest BCUT2D eigenvalue weighted by atomic mass is 10.1. The Bertz CT molecular complexity index is 792. The van der Waals surface area contributed by atoms with Gasteiger partial charge in [0.05, 0.1) is 0 Å². The summed E-state index contributed by atoms with van der Waals surface area (Å²) in [6.07, 6.45) is 2.80. The molecule has 0 saturated carbocycles. The molecule has 6 heteroatoms. The molecule has 0 aliphatic carbocycles. The van der Waals surface area contributed by atoms with Gasteiger partial charge in [0.1, 0.15) is 6.04 Å². The van der Waals surface area contributed by atoms with E-state index in [0.29, 0.717) is 35.0 Å². The Balaban J connectivity index is 2.17. The van der Waals surface area contributed by atoms with Crippen LogP contribution in [0.5, 0.6) is 0 Å². The first-order chi connectivity index (χ1) is 13.9. The van der Waals surface area contributed by atoms with Crippen molar-refractivity contribution in [3.8, 4) is 0 Å². The number of hydrogen-bond donors (Lipinski definition) is 1. The Morgan fingerprint density at radius 2 is 1.69 bits per heavy atom. The van der Waals surface area contributed by atoms with Crippen LogP contribution in [0.25, 0.3) is 0 Å². The van der Waals surface area contributed by atoms with E-state index in [2.05, 4.69) is 12.2 Å². The van der Waals surface area contributed by atoms with Crippen LogP contribution in [0.2, 0.25) is 10.0 Å². The number of carbonyl (C=O) groups is 2. The topological polar surface area (TPSA) is 49.4 Å². The average Bonchev–Trinajstić information content (AvgIpc) is 2.72. The van der Waals surface area contributed by atoms with Gasteiger partial charge in [0.2, 0.25) is 11.8 Å². The van der Waals surface area contributed by atoms with Crippen LogP contribution in [0.15, 0.2) is 48.5 Å². The van der Waals surface area contributed by atoms with Crippen molar-refractivity contribution in [2.45, 2.75) is 52.1 Å². The molecule has 0 spiro atoms. The number of rotatable bonds is 10. The van der Waals surface area contributed by atoms with Crippen LogP contribution in [0.1, 0.15) is 44.2 Å². The molecule has 2 rings (SSSR count). The molecule has 29 heavy (non-hydrogen) atoms. The number of halogens is 2. The zero-order valence-electron chi connectivity index (χ0n) is 17.0. The van der Waals surface area contributed by atoms with E-state index >= 15 is 0 Å². The summed E-state index contributed by atoms with van der Waals surface area (Å²) in [7, 11) is 0. The molecule has 0 fully saturated rings. The maximum Gasteiger partial charge on any atom is 0.242 e. The third kappa shape index (κ3) is 7.06. The van der Waals surface area contributed by atoms with E-state index in [9.17, 15) is 9.59 Å². The van der Waals surface area contributed by atoms with Crippen LogP contribution >= 0.6 is 23.2 Å². The monoisotopic (exact) mass is 434 g/mol. The first kappa shape index (κ1) is 23.2. The summed E-state index contributed by atoms with van der Waals surface area (Å²) in [5, 5.41) is 3.88. The van der Waals surface area contributed by atoms with Crippen molar-refractivity contribution in [1.82, 2.24) is 10.2 Å². The zero-order valence-corrected chi connectivity index (χ0v) is 18.5. The molecule has 2 aromatic rings. The Kier molecular flexibility index (Phi) is 9.49. The van der Waals surface area contributed by atoms with Crippen molar-refractivity contribution in [2.75, 3.05) is 6.54 Å². The largest absolute Gasteiger partial charge is 0.354 e. The van der Waals surface area contributed by atoms with Gasteiger partial charge in [-0.3, -0.25) is 9.59 Å². The molecule has 0 aliphatic rings. The van der Waals surface area contributed by atoms with E-state index in [4.69, 9.17) is 23.2 Å². The summed E-state index contributed by atoms with van der Waals surface area (Å²) < 4.78 is 0. The van der Waals surface area contributed by atoms with Crippen LogP contribution in [-0.4, -0.2) is 29.3 Å². The lowest BCUT2D eigenvalue weighted by Crippen LogP contribution is -2.48. The summed E-state index contributed by atoms with van der Waals surface area (Å²) in [5.41, 5.74) is 1.73. The van der Waals surface area contributed by atoms with Gasteiger partial charge in [-0.15, -0.1) is 0 Å². The number of hydrogen-bond acceptors (Lipinski definition) is 2. The fraction of sp³-hybridized carbons (Fsp3) is 0.391. The van der Waals surface area contributed by atoms with E-state index in [0.717, 1.165) is 18.4 Å². The first-order valence-electron chi connectivity index (χ1n) is 9.98. The summed E-state index contributed by atoms with van der Waals surface area (Å²) >= 11 is 12.6. The van der Waals surface area contributed by atoms with Gasteiger partial charge < -0.3 is 10.2 Å². The highest BCUT2D eigenvalue weighted by molar-refractivity contribution is 6.36. The smallest absolute Gasteiger partial charge is 0.242 e. The Labute approximate surface area is 183 Å². The van der Waals surface area contributed by atoms with Crippen molar-refractivity contribution in [1.29, 1.82) is 0 Å². The summed E-state index contributed by atoms with van der Waals surface area (Å²) in [4.78, 5) is 27.3. The number of carbonyl (C=O) groups excluding carboxylic acids is 2. The van der Waals surface area contributed by atoms with Gasteiger partial charge in [0.15, 0.2) is 0 Å². The molecule has 1 atom stereocenters. The van der Waals surface area contributed by atoms with E-state index < -0.39 is 6.04 Å². The second-order valence-electron chi connectivity index (χ2n) is 7.03. The van der Waals surface area contributed by atoms with Crippen molar-refractivity contribution in [3.63, 3.8) is 0 Å². The Morgan fingerprint density at radius 1 is 1.03 bits per heavy atom. The van der Waals surface area contributed by atoms with Gasteiger partial charge in [0.25, 0.3) is 0 Å². The normalized spacial score (nSPS) is 11.7. The maximum atomic E-state index is 13.1. The highest BCUT2D eigenvalue weighted by Gasteiger charge is 2.27. The van der Waals surface area contributed by atoms with Gasteiger partial charge in [-0.2, -0.15) is 0 Å². The molecule has 0 aromatic heterocycles. The predicted molar refractivity (Wildman–Crippen MR) is 119 cm³/mol. The molecule has 0 radical (unpaired) electrons. The molecule has 0 saturated heterocycles. The van der Waals surface area contributed by atoms with Gasteiger partial charge in [0, 0.05) is 35.1 Å².